The second-order valence-corrected chi connectivity index (χ2v) is 4.27. The number of rotatable bonds is 4. The number of esters is 1. The molecular weight excluding hydrogens is 220 g/mol. The maximum Gasteiger partial charge on any atom is 0.339 e. The van der Waals surface area contributed by atoms with Crippen LogP contribution in [0.25, 0.3) is 0 Å². The number of carbonyl (C=O) groups excluding carboxylic acids is 1. The largest absolute Gasteiger partial charge is 0.464 e. The van der Waals surface area contributed by atoms with Crippen LogP contribution >= 0.6 is 0 Å². The zero-order chi connectivity index (χ0) is 12.5. The lowest BCUT2D eigenvalue weighted by Crippen LogP contribution is -2.19. The highest BCUT2D eigenvalue weighted by Crippen LogP contribution is 2.47. The van der Waals surface area contributed by atoms with Crippen LogP contribution in [-0.2, 0) is 15.1 Å². The van der Waals surface area contributed by atoms with E-state index < -0.39 is 17.7 Å². The molecule has 0 bridgehead atoms. The monoisotopic (exact) mass is 236 g/mol. The fraction of sp³-hybridized carbons (Fsp3) is 0.462. The second kappa shape index (κ2) is 4.47. The van der Waals surface area contributed by atoms with Gasteiger partial charge in [-0.3, -0.25) is 0 Å². The van der Waals surface area contributed by atoms with E-state index in [0.29, 0.717) is 24.0 Å². The van der Waals surface area contributed by atoms with Gasteiger partial charge in [0, 0.05) is 0 Å². The lowest BCUT2D eigenvalue weighted by atomic mass is 9.97. The minimum atomic E-state index is -1.32. The minimum Gasteiger partial charge on any atom is -0.464 e. The van der Waals surface area contributed by atoms with Crippen LogP contribution in [0.1, 0.15) is 37.0 Å². The molecule has 1 aromatic carbocycles. The topological polar surface area (TPSA) is 66.8 Å². The molecule has 1 atom stereocenters. The van der Waals surface area contributed by atoms with E-state index in [2.05, 4.69) is 0 Å². The fourth-order valence-electron chi connectivity index (χ4n) is 1.90. The Morgan fingerprint density at radius 1 is 1.47 bits per heavy atom. The van der Waals surface area contributed by atoms with Crippen molar-refractivity contribution in [3.8, 4) is 0 Å². The summed E-state index contributed by atoms with van der Waals surface area (Å²) < 4.78 is 4.78. The molecule has 0 saturated heterocycles. The molecular formula is C13H16O4. The van der Waals surface area contributed by atoms with Crippen LogP contribution in [0, 0.1) is 0 Å². The van der Waals surface area contributed by atoms with Crippen molar-refractivity contribution in [2.75, 3.05) is 6.61 Å². The van der Waals surface area contributed by atoms with E-state index in [9.17, 15) is 15.0 Å². The zero-order valence-electron chi connectivity index (χ0n) is 9.72. The summed E-state index contributed by atoms with van der Waals surface area (Å²) in [5.41, 5.74) is 0.191. The Morgan fingerprint density at radius 3 is 2.71 bits per heavy atom. The van der Waals surface area contributed by atoms with Gasteiger partial charge in [0.15, 0.2) is 6.10 Å². The van der Waals surface area contributed by atoms with Crippen molar-refractivity contribution < 1.29 is 19.7 Å². The summed E-state index contributed by atoms with van der Waals surface area (Å²) >= 11 is 0. The highest BCUT2D eigenvalue weighted by atomic mass is 16.5. The summed E-state index contributed by atoms with van der Waals surface area (Å²) in [4.78, 5) is 11.5. The summed E-state index contributed by atoms with van der Waals surface area (Å²) in [5.74, 6) is -0.677. The van der Waals surface area contributed by atoms with Gasteiger partial charge in [-0.15, -0.1) is 0 Å². The molecule has 0 spiro atoms. The first-order chi connectivity index (χ1) is 8.08. The Hall–Kier alpha value is -1.39. The van der Waals surface area contributed by atoms with E-state index in [0.717, 1.165) is 0 Å². The summed E-state index contributed by atoms with van der Waals surface area (Å²) in [6, 6.07) is 6.90. The molecule has 2 rings (SSSR count). The molecule has 17 heavy (non-hydrogen) atoms. The van der Waals surface area contributed by atoms with Crippen LogP contribution < -0.4 is 0 Å². The second-order valence-electron chi connectivity index (χ2n) is 4.27. The molecule has 1 saturated carbocycles. The Balaban J connectivity index is 2.29. The number of aliphatic hydroxyl groups excluding tert-OH is 1. The normalized spacial score (nSPS) is 18.5. The van der Waals surface area contributed by atoms with E-state index in [1.54, 1.807) is 31.2 Å². The average molecular weight is 236 g/mol. The smallest absolute Gasteiger partial charge is 0.339 e. The Kier molecular flexibility index (Phi) is 3.17. The van der Waals surface area contributed by atoms with Gasteiger partial charge in [0.25, 0.3) is 0 Å². The van der Waals surface area contributed by atoms with Crippen LogP contribution in [-0.4, -0.2) is 22.8 Å². The van der Waals surface area contributed by atoms with Crippen molar-refractivity contribution >= 4 is 5.97 Å². The minimum absolute atomic E-state index is 0.225. The third-order valence-electron chi connectivity index (χ3n) is 2.99. The van der Waals surface area contributed by atoms with Crippen molar-refractivity contribution in [3.63, 3.8) is 0 Å². The fourth-order valence-corrected chi connectivity index (χ4v) is 1.90. The van der Waals surface area contributed by atoms with Crippen LogP contribution in [0.2, 0.25) is 0 Å². The summed E-state index contributed by atoms with van der Waals surface area (Å²) in [7, 11) is 0. The van der Waals surface area contributed by atoms with Gasteiger partial charge >= 0.3 is 5.97 Å². The van der Waals surface area contributed by atoms with Gasteiger partial charge in [0.05, 0.1) is 12.2 Å². The summed E-state index contributed by atoms with van der Waals surface area (Å²) in [6.07, 6.45) is 0.00910. The quantitative estimate of drug-likeness (QED) is 0.772. The molecule has 2 N–H and O–H groups in total. The number of ether oxygens (including phenoxy) is 1. The van der Waals surface area contributed by atoms with Gasteiger partial charge in [-0.2, -0.15) is 0 Å². The van der Waals surface area contributed by atoms with Crippen molar-refractivity contribution in [3.05, 3.63) is 35.4 Å². The van der Waals surface area contributed by atoms with E-state index in [4.69, 9.17) is 4.74 Å². The molecule has 0 aromatic heterocycles. The molecule has 1 aromatic rings. The lowest BCUT2D eigenvalue weighted by molar-refractivity contribution is -0.153. The molecule has 1 fully saturated rings. The molecule has 1 unspecified atom stereocenters. The molecule has 0 radical (unpaired) electrons. The maximum absolute atomic E-state index is 11.5. The van der Waals surface area contributed by atoms with Gasteiger partial charge < -0.3 is 14.9 Å². The molecule has 1 aliphatic rings. The average Bonchev–Trinajstić information content (AvgIpc) is 3.08. The molecule has 4 heteroatoms. The Bertz CT molecular complexity index is 423. The van der Waals surface area contributed by atoms with Crippen LogP contribution in [0.3, 0.4) is 0 Å². The maximum atomic E-state index is 11.5. The highest BCUT2D eigenvalue weighted by Gasteiger charge is 2.44. The van der Waals surface area contributed by atoms with Crippen molar-refractivity contribution in [2.45, 2.75) is 31.5 Å². The third kappa shape index (κ3) is 2.33. The number of hydrogen-bond donors (Lipinski definition) is 2. The van der Waals surface area contributed by atoms with E-state index in [1.807, 2.05) is 0 Å². The van der Waals surface area contributed by atoms with Gasteiger partial charge in [0.1, 0.15) is 0 Å². The third-order valence-corrected chi connectivity index (χ3v) is 2.99. The predicted octanol–water partition coefficient (Wildman–Crippen LogP) is 1.26. The number of hydrogen-bond acceptors (Lipinski definition) is 4. The van der Waals surface area contributed by atoms with E-state index in [-0.39, 0.29) is 6.61 Å². The standard InChI is InChI=1S/C13H16O4/c1-2-17-12(15)11(14)9-5-3-4-6-10(9)13(16)7-8-13/h3-6,11,14,16H,2,7-8H2,1H3. The first kappa shape index (κ1) is 12.1. The van der Waals surface area contributed by atoms with Gasteiger partial charge in [-0.05, 0) is 30.9 Å². The van der Waals surface area contributed by atoms with Crippen LogP contribution in [0.15, 0.2) is 24.3 Å². The number of benzene rings is 1. The number of carbonyl (C=O) groups is 1. The van der Waals surface area contributed by atoms with E-state index >= 15 is 0 Å². The van der Waals surface area contributed by atoms with Crippen LogP contribution in [0.4, 0.5) is 0 Å². The lowest BCUT2D eigenvalue weighted by Gasteiger charge is -2.17. The summed E-state index contributed by atoms with van der Waals surface area (Å²) in [6.45, 7) is 1.91. The Labute approximate surface area is 99.8 Å². The molecule has 0 aliphatic heterocycles. The summed E-state index contributed by atoms with van der Waals surface area (Å²) in [5, 5.41) is 20.0. The van der Waals surface area contributed by atoms with Crippen molar-refractivity contribution in [1.29, 1.82) is 0 Å². The van der Waals surface area contributed by atoms with Gasteiger partial charge in [0.2, 0.25) is 0 Å². The SMILES string of the molecule is CCOC(=O)C(O)c1ccccc1C1(O)CC1. The molecule has 0 heterocycles. The first-order valence-corrected chi connectivity index (χ1v) is 5.75. The van der Waals surface area contributed by atoms with Gasteiger partial charge in [-0.25, -0.2) is 4.79 Å². The highest BCUT2D eigenvalue weighted by molar-refractivity contribution is 5.77. The number of aliphatic hydroxyl groups is 2. The van der Waals surface area contributed by atoms with Crippen molar-refractivity contribution in [1.82, 2.24) is 0 Å². The van der Waals surface area contributed by atoms with Crippen LogP contribution in [0.5, 0.6) is 0 Å². The first-order valence-electron chi connectivity index (χ1n) is 5.75. The molecule has 0 amide bonds. The Morgan fingerprint density at radius 2 is 2.12 bits per heavy atom. The van der Waals surface area contributed by atoms with E-state index in [1.165, 1.54) is 0 Å². The predicted molar refractivity (Wildman–Crippen MR) is 61.2 cm³/mol. The van der Waals surface area contributed by atoms with Crippen molar-refractivity contribution in [2.24, 2.45) is 0 Å². The zero-order valence-corrected chi connectivity index (χ0v) is 9.72. The molecule has 1 aliphatic carbocycles. The van der Waals surface area contributed by atoms with Gasteiger partial charge in [-0.1, -0.05) is 24.3 Å². The molecule has 92 valence electrons. The molecule has 4 nitrogen and oxygen atoms in total.